The van der Waals surface area contributed by atoms with Gasteiger partial charge in [0.25, 0.3) is 0 Å². The Bertz CT molecular complexity index is 1650. The topological polar surface area (TPSA) is 66.4 Å². The maximum Gasteiger partial charge on any atom is 0.319 e. The summed E-state index contributed by atoms with van der Waals surface area (Å²) < 4.78 is 37.2. The zero-order valence-corrected chi connectivity index (χ0v) is 23.4. The van der Waals surface area contributed by atoms with Crippen molar-refractivity contribution in [3.63, 3.8) is 0 Å². The first kappa shape index (κ1) is 25.6. The number of ether oxygens (including phenoxy) is 1. The first-order chi connectivity index (χ1) is 20.0. The van der Waals surface area contributed by atoms with Gasteiger partial charge in [-0.3, -0.25) is 9.88 Å². The van der Waals surface area contributed by atoms with E-state index in [-0.39, 0.29) is 29.4 Å². The van der Waals surface area contributed by atoms with Crippen molar-refractivity contribution in [1.82, 2.24) is 25.2 Å². The lowest BCUT2D eigenvalue weighted by Gasteiger charge is -2.34. The van der Waals surface area contributed by atoms with E-state index >= 15 is 4.39 Å². The zero-order valence-electron chi connectivity index (χ0n) is 22.6. The van der Waals surface area contributed by atoms with Crippen molar-refractivity contribution in [3.05, 3.63) is 53.4 Å². The summed E-state index contributed by atoms with van der Waals surface area (Å²) in [5.74, 6) is 0.0970. The molecule has 7 nitrogen and oxygen atoms in total. The highest BCUT2D eigenvalue weighted by molar-refractivity contribution is 6.36. The monoisotopic (exact) mass is 576 g/mol. The lowest BCUT2D eigenvalue weighted by molar-refractivity contribution is 0.107. The molecule has 8 rings (SSSR count). The SMILES string of the molecule is Fc1c(-c2cccc3cccc(Cl)c23)ncc2c(N3C[C@H]4CC[C@@H](C3)N4)nc(OCC34CCCN3CC(F)C4)nc12. The number of hydrogen-bond acceptors (Lipinski definition) is 7. The summed E-state index contributed by atoms with van der Waals surface area (Å²) in [5, 5.41) is 6.38. The van der Waals surface area contributed by atoms with Crippen LogP contribution in [0.4, 0.5) is 14.6 Å². The van der Waals surface area contributed by atoms with Crippen LogP contribution < -0.4 is 15.0 Å². The summed E-state index contributed by atoms with van der Waals surface area (Å²) in [6.07, 6.45) is 5.36. The minimum absolute atomic E-state index is 0.119. The highest BCUT2D eigenvalue weighted by atomic mass is 35.5. The van der Waals surface area contributed by atoms with Crippen LogP contribution in [-0.4, -0.2) is 76.4 Å². The second-order valence-electron chi connectivity index (χ2n) is 12.1. The van der Waals surface area contributed by atoms with Crippen molar-refractivity contribution in [3.8, 4) is 17.3 Å². The molecule has 6 heterocycles. The minimum atomic E-state index is -0.859. The molecule has 0 amide bonds. The minimum Gasteiger partial charge on any atom is -0.461 e. The second kappa shape index (κ2) is 9.71. The fourth-order valence-electron chi connectivity index (χ4n) is 7.63. The molecule has 0 spiro atoms. The number of pyridine rings is 1. The molecule has 1 N–H and O–H groups in total. The first-order valence-electron chi connectivity index (χ1n) is 14.5. The summed E-state index contributed by atoms with van der Waals surface area (Å²) >= 11 is 6.59. The molecule has 4 aromatic rings. The lowest BCUT2D eigenvalue weighted by Crippen LogP contribution is -2.51. The molecular formula is C31H31ClF2N6O. The van der Waals surface area contributed by atoms with E-state index in [0.29, 0.717) is 46.8 Å². The van der Waals surface area contributed by atoms with Gasteiger partial charge in [0.15, 0.2) is 5.82 Å². The van der Waals surface area contributed by atoms with E-state index in [0.717, 1.165) is 56.1 Å². The summed E-state index contributed by atoms with van der Waals surface area (Å²) in [5.41, 5.74) is 0.605. The van der Waals surface area contributed by atoms with Gasteiger partial charge in [-0.15, -0.1) is 0 Å². The van der Waals surface area contributed by atoms with Gasteiger partial charge in [0.05, 0.1) is 10.9 Å². The fourth-order valence-corrected chi connectivity index (χ4v) is 7.91. The number of aromatic nitrogens is 3. The van der Waals surface area contributed by atoms with Crippen LogP contribution in [0.5, 0.6) is 6.01 Å². The zero-order chi connectivity index (χ0) is 27.7. The number of hydrogen-bond donors (Lipinski definition) is 1. The summed E-state index contributed by atoms with van der Waals surface area (Å²) in [7, 11) is 0. The van der Waals surface area contributed by atoms with Crippen LogP contribution in [0.3, 0.4) is 0 Å². The van der Waals surface area contributed by atoms with E-state index < -0.39 is 12.0 Å². The average molecular weight is 577 g/mol. The van der Waals surface area contributed by atoms with E-state index in [9.17, 15) is 4.39 Å². The first-order valence-corrected chi connectivity index (χ1v) is 14.9. The average Bonchev–Trinajstić information content (AvgIpc) is 3.62. The van der Waals surface area contributed by atoms with Crippen molar-refractivity contribution in [2.24, 2.45) is 0 Å². The van der Waals surface area contributed by atoms with Gasteiger partial charge in [-0.2, -0.15) is 9.97 Å². The van der Waals surface area contributed by atoms with Gasteiger partial charge in [-0.05, 0) is 43.7 Å². The Morgan fingerprint density at radius 3 is 2.71 bits per heavy atom. The van der Waals surface area contributed by atoms with E-state index in [1.807, 2.05) is 30.3 Å². The van der Waals surface area contributed by atoms with Gasteiger partial charge < -0.3 is 15.0 Å². The standard InChI is InChI=1S/C31H31ClF2N6O/c32-24-7-2-5-18-4-1-6-22(25(18)24)27-26(34)28-23(13-35-27)29(39-15-20-8-9-21(16-39)36-20)38-30(37-28)41-17-31-10-3-11-40(31)14-19(33)12-31/h1-2,4-7,13,19-21,36H,3,8-12,14-17H2/t19?,20-,21+,31?. The molecule has 2 aromatic carbocycles. The number of rotatable bonds is 5. The summed E-state index contributed by atoms with van der Waals surface area (Å²) in [4.78, 5) is 18.5. The number of alkyl halides is 1. The van der Waals surface area contributed by atoms with Crippen LogP contribution in [0.1, 0.15) is 32.1 Å². The van der Waals surface area contributed by atoms with E-state index in [4.69, 9.17) is 21.3 Å². The third kappa shape index (κ3) is 4.23. The molecule has 212 valence electrons. The van der Waals surface area contributed by atoms with Gasteiger partial charge >= 0.3 is 6.01 Å². The number of anilines is 1. The molecule has 2 bridgehead atoms. The van der Waals surface area contributed by atoms with Crippen molar-refractivity contribution in [2.75, 3.05) is 37.7 Å². The van der Waals surface area contributed by atoms with Crippen molar-refractivity contribution < 1.29 is 13.5 Å². The maximum absolute atomic E-state index is 16.6. The van der Waals surface area contributed by atoms with Crippen LogP contribution in [0.25, 0.3) is 32.9 Å². The normalized spacial score (nSPS) is 27.7. The number of nitrogens with one attached hydrogen (secondary N) is 1. The van der Waals surface area contributed by atoms with E-state index in [2.05, 4.69) is 25.1 Å². The number of nitrogens with zero attached hydrogens (tertiary/aromatic N) is 5. The molecule has 4 aliphatic rings. The molecule has 10 heteroatoms. The molecule has 0 aliphatic carbocycles. The second-order valence-corrected chi connectivity index (χ2v) is 12.5. The number of benzene rings is 2. The van der Waals surface area contributed by atoms with Gasteiger partial charge in [-0.1, -0.05) is 41.9 Å². The predicted octanol–water partition coefficient (Wildman–Crippen LogP) is 5.53. The predicted molar refractivity (Wildman–Crippen MR) is 156 cm³/mol. The Hall–Kier alpha value is -3.14. The quantitative estimate of drug-likeness (QED) is 0.335. The molecule has 2 unspecified atom stereocenters. The van der Waals surface area contributed by atoms with Crippen LogP contribution in [-0.2, 0) is 0 Å². The maximum atomic E-state index is 16.6. The highest BCUT2D eigenvalue weighted by Crippen LogP contribution is 2.41. The Balaban J connectivity index is 1.25. The van der Waals surface area contributed by atoms with Crippen LogP contribution in [0.15, 0.2) is 42.6 Å². The molecule has 4 saturated heterocycles. The van der Waals surface area contributed by atoms with Gasteiger partial charge in [0, 0.05) is 60.3 Å². The fraction of sp³-hybridized carbons (Fsp3) is 0.452. The van der Waals surface area contributed by atoms with Crippen molar-refractivity contribution in [1.29, 1.82) is 0 Å². The molecular weight excluding hydrogens is 546 g/mol. The van der Waals surface area contributed by atoms with Crippen LogP contribution in [0.2, 0.25) is 5.02 Å². The van der Waals surface area contributed by atoms with E-state index in [1.54, 1.807) is 12.3 Å². The smallest absolute Gasteiger partial charge is 0.319 e. The van der Waals surface area contributed by atoms with Crippen molar-refractivity contribution in [2.45, 2.75) is 55.9 Å². The van der Waals surface area contributed by atoms with Gasteiger partial charge in [-0.25, -0.2) is 8.78 Å². The highest BCUT2D eigenvalue weighted by Gasteiger charge is 2.49. The van der Waals surface area contributed by atoms with E-state index in [1.165, 1.54) is 0 Å². The van der Waals surface area contributed by atoms with Crippen LogP contribution in [0, 0.1) is 5.82 Å². The molecule has 4 aliphatic heterocycles. The molecule has 41 heavy (non-hydrogen) atoms. The Labute approximate surface area is 241 Å². The Morgan fingerprint density at radius 1 is 1.07 bits per heavy atom. The van der Waals surface area contributed by atoms with Crippen molar-refractivity contribution >= 4 is 39.1 Å². The molecule has 0 radical (unpaired) electrons. The largest absolute Gasteiger partial charge is 0.461 e. The van der Waals surface area contributed by atoms with Gasteiger partial charge in [0.1, 0.15) is 29.8 Å². The summed E-state index contributed by atoms with van der Waals surface area (Å²) in [6.45, 7) is 3.13. The van der Waals surface area contributed by atoms with Gasteiger partial charge in [0.2, 0.25) is 0 Å². The lowest BCUT2D eigenvalue weighted by atomic mass is 9.95. The molecule has 4 atom stereocenters. The molecule has 0 saturated carbocycles. The molecule has 2 aromatic heterocycles. The number of fused-ring (bicyclic) bond motifs is 5. The van der Waals surface area contributed by atoms with Crippen LogP contribution >= 0.6 is 11.6 Å². The number of piperazine rings is 1. The Kier molecular flexibility index (Phi) is 6.05. The third-order valence-corrected chi connectivity index (χ3v) is 9.81. The number of halogens is 3. The Morgan fingerprint density at radius 2 is 1.88 bits per heavy atom. The molecule has 4 fully saturated rings. The summed E-state index contributed by atoms with van der Waals surface area (Å²) in [6, 6.07) is 12.1. The third-order valence-electron chi connectivity index (χ3n) is 9.50.